The van der Waals surface area contributed by atoms with Gasteiger partial charge in [0.25, 0.3) is 6.43 Å². The highest BCUT2D eigenvalue weighted by Crippen LogP contribution is 2.31. The van der Waals surface area contributed by atoms with Crippen LogP contribution in [0.2, 0.25) is 0 Å². The van der Waals surface area contributed by atoms with Gasteiger partial charge in [0, 0.05) is 6.20 Å². The predicted molar refractivity (Wildman–Crippen MR) is 87.2 cm³/mol. The van der Waals surface area contributed by atoms with E-state index in [1.165, 1.54) is 16.7 Å². The Morgan fingerprint density at radius 1 is 1.21 bits per heavy atom. The molecule has 0 aliphatic carbocycles. The molecule has 1 aliphatic heterocycles. The van der Waals surface area contributed by atoms with Crippen LogP contribution in [0, 0.1) is 0 Å². The van der Waals surface area contributed by atoms with E-state index in [-0.39, 0.29) is 5.69 Å². The van der Waals surface area contributed by atoms with Crippen molar-refractivity contribution in [1.82, 2.24) is 9.88 Å². The van der Waals surface area contributed by atoms with E-state index in [0.29, 0.717) is 17.7 Å². The van der Waals surface area contributed by atoms with Crippen molar-refractivity contribution in [3.05, 3.63) is 58.9 Å². The number of aromatic nitrogens is 1. The van der Waals surface area contributed by atoms with E-state index >= 15 is 0 Å². The summed E-state index contributed by atoms with van der Waals surface area (Å²) in [6.07, 6.45) is -0.367. The normalized spacial score (nSPS) is 17.2. The van der Waals surface area contributed by atoms with E-state index in [1.54, 1.807) is 44.3 Å². The second kappa shape index (κ2) is 5.87. The van der Waals surface area contributed by atoms with Gasteiger partial charge in [0.15, 0.2) is 0 Å². The third-order valence-electron chi connectivity index (χ3n) is 4.13. The largest absolute Gasteiger partial charge is 0.386 e. The van der Waals surface area contributed by atoms with Gasteiger partial charge in [-0.2, -0.15) is 0 Å². The first-order valence-electron chi connectivity index (χ1n) is 7.57. The molecular weight excluding hydrogens is 314 g/mol. The third kappa shape index (κ3) is 2.85. The van der Waals surface area contributed by atoms with E-state index in [1.807, 2.05) is 0 Å². The number of carbonyl (C=O) groups excluding carboxylic acids is 1. The average Bonchev–Trinajstić information content (AvgIpc) is 2.97. The Labute approximate surface area is 138 Å². The van der Waals surface area contributed by atoms with Crippen LogP contribution in [0.25, 0.3) is 11.9 Å². The zero-order chi connectivity index (χ0) is 17.5. The van der Waals surface area contributed by atoms with Crippen LogP contribution in [0.15, 0.2) is 36.4 Å². The fourth-order valence-electron chi connectivity index (χ4n) is 2.79. The Morgan fingerprint density at radius 2 is 1.88 bits per heavy atom. The molecule has 0 bridgehead atoms. The van der Waals surface area contributed by atoms with Crippen molar-refractivity contribution in [3.63, 3.8) is 0 Å². The summed E-state index contributed by atoms with van der Waals surface area (Å²) in [5.41, 5.74) is 1.43. The molecule has 1 aromatic heterocycles. The van der Waals surface area contributed by atoms with Crippen LogP contribution < -0.4 is 5.32 Å². The summed E-state index contributed by atoms with van der Waals surface area (Å²) in [7, 11) is 0. The lowest BCUT2D eigenvalue weighted by molar-refractivity contribution is -0.109. The number of aliphatic hydroxyl groups is 1. The van der Waals surface area contributed by atoms with Gasteiger partial charge >= 0.3 is 0 Å². The molecule has 1 aromatic carbocycles. The van der Waals surface area contributed by atoms with Crippen LogP contribution in [0.4, 0.5) is 8.78 Å². The average molecular weight is 332 g/mol. The van der Waals surface area contributed by atoms with E-state index in [4.69, 9.17) is 0 Å². The van der Waals surface area contributed by atoms with E-state index in [0.717, 1.165) is 11.1 Å². The van der Waals surface area contributed by atoms with Gasteiger partial charge in [-0.1, -0.05) is 24.3 Å². The highest BCUT2D eigenvalue weighted by atomic mass is 19.3. The molecule has 2 N–H and O–H groups in total. The predicted octanol–water partition coefficient (Wildman–Crippen LogP) is 3.45. The number of carbonyl (C=O) groups is 1. The lowest BCUT2D eigenvalue weighted by Crippen LogP contribution is -2.28. The smallest absolute Gasteiger partial charge is 0.278 e. The molecule has 0 saturated carbocycles. The van der Waals surface area contributed by atoms with Crippen LogP contribution in [0.1, 0.15) is 48.8 Å². The highest BCUT2D eigenvalue weighted by Gasteiger charge is 2.26. The van der Waals surface area contributed by atoms with Gasteiger partial charge in [-0.15, -0.1) is 0 Å². The third-order valence-corrected chi connectivity index (χ3v) is 4.13. The number of hydrogen-bond acceptors (Lipinski definition) is 3. The van der Waals surface area contributed by atoms with Gasteiger partial charge < -0.3 is 19.8 Å². The fourth-order valence-corrected chi connectivity index (χ4v) is 2.79. The van der Waals surface area contributed by atoms with Crippen LogP contribution in [0.5, 0.6) is 0 Å². The summed E-state index contributed by atoms with van der Waals surface area (Å²) in [5.74, 6) is 0. The monoisotopic (exact) mass is 332 g/mol. The van der Waals surface area contributed by atoms with E-state index < -0.39 is 18.1 Å². The molecule has 0 spiro atoms. The number of fused-ring (bicyclic) bond motifs is 1. The molecule has 0 saturated heterocycles. The number of aldehydes is 1. The Hall–Kier alpha value is -2.47. The van der Waals surface area contributed by atoms with Gasteiger partial charge in [-0.25, -0.2) is 8.78 Å². The summed E-state index contributed by atoms with van der Waals surface area (Å²) in [6, 6.07) is 9.27. The Kier molecular flexibility index (Phi) is 4.01. The summed E-state index contributed by atoms with van der Waals surface area (Å²) >= 11 is 0. The molecule has 1 aliphatic rings. The Balaban J connectivity index is 2.03. The molecule has 2 heterocycles. The zero-order valence-corrected chi connectivity index (χ0v) is 13.3. The summed E-state index contributed by atoms with van der Waals surface area (Å²) in [6.45, 7) is 3.37. The molecule has 6 heteroatoms. The first-order valence-corrected chi connectivity index (χ1v) is 7.57. The maximum absolute atomic E-state index is 13.1. The summed E-state index contributed by atoms with van der Waals surface area (Å²) < 4.78 is 27.7. The maximum Gasteiger partial charge on any atom is 0.278 e. The quantitative estimate of drug-likeness (QED) is 0.843. The molecule has 126 valence electrons. The maximum atomic E-state index is 13.1. The van der Waals surface area contributed by atoms with Crippen molar-refractivity contribution in [1.29, 1.82) is 0 Å². The minimum atomic E-state index is -2.63. The fraction of sp³-hybridized carbons (Fsp3) is 0.278. The van der Waals surface area contributed by atoms with Gasteiger partial charge in [0.05, 0.1) is 22.7 Å². The second-order valence-electron chi connectivity index (χ2n) is 6.29. The van der Waals surface area contributed by atoms with Gasteiger partial charge in [0.2, 0.25) is 0 Å². The van der Waals surface area contributed by atoms with E-state index in [2.05, 4.69) is 5.32 Å². The molecule has 4 nitrogen and oxygen atoms in total. The first kappa shape index (κ1) is 16.4. The molecule has 0 fully saturated rings. The van der Waals surface area contributed by atoms with Gasteiger partial charge in [0.1, 0.15) is 12.3 Å². The number of nitrogens with zero attached hydrogens (tertiary/aromatic N) is 1. The molecule has 1 atom stereocenters. The number of hydrogen-bond donors (Lipinski definition) is 2. The van der Waals surface area contributed by atoms with Crippen LogP contribution in [0.3, 0.4) is 0 Å². The lowest BCUT2D eigenvalue weighted by Gasteiger charge is -2.25. The Bertz CT molecular complexity index is 786. The van der Waals surface area contributed by atoms with Crippen LogP contribution in [-0.2, 0) is 10.4 Å². The van der Waals surface area contributed by atoms with Crippen molar-refractivity contribution >= 4 is 18.2 Å². The van der Waals surface area contributed by atoms with Gasteiger partial charge in [-0.3, -0.25) is 0 Å². The molecule has 0 amide bonds. The van der Waals surface area contributed by atoms with Crippen molar-refractivity contribution in [2.75, 3.05) is 0 Å². The first-order chi connectivity index (χ1) is 11.3. The minimum Gasteiger partial charge on any atom is -0.386 e. The standard InChI is InChI=1S/C18H18F2N2O2/c1-18(2,24)12-5-3-11(4-6-12)13-9-22-15(14(10-23)21-13)7-8-16(22)17(19)20/h3-10,14,17,21,24H,1-2H3. The SMILES string of the molecule is CC(C)(O)c1ccc(C2=Cn3c(C(F)F)ccc3C(C=O)N2)cc1. The van der Waals surface area contributed by atoms with Gasteiger partial charge in [-0.05, 0) is 37.1 Å². The molecule has 1 unspecified atom stereocenters. The molecule has 3 rings (SSSR count). The number of halogens is 2. The van der Waals surface area contributed by atoms with Crippen LogP contribution >= 0.6 is 0 Å². The molecule has 0 radical (unpaired) electrons. The molecular formula is C18H18F2N2O2. The second-order valence-corrected chi connectivity index (χ2v) is 6.29. The van der Waals surface area contributed by atoms with Crippen molar-refractivity contribution < 1.29 is 18.7 Å². The zero-order valence-electron chi connectivity index (χ0n) is 13.3. The van der Waals surface area contributed by atoms with Crippen molar-refractivity contribution in [3.8, 4) is 0 Å². The molecule has 2 aromatic rings. The number of alkyl halides is 2. The summed E-state index contributed by atoms with van der Waals surface area (Å²) in [4.78, 5) is 11.3. The summed E-state index contributed by atoms with van der Waals surface area (Å²) in [5, 5.41) is 13.1. The number of nitrogens with one attached hydrogen (secondary N) is 1. The van der Waals surface area contributed by atoms with Crippen LogP contribution in [-0.4, -0.2) is 16.0 Å². The van der Waals surface area contributed by atoms with E-state index in [9.17, 15) is 18.7 Å². The Morgan fingerprint density at radius 3 is 2.42 bits per heavy atom. The minimum absolute atomic E-state index is 0.149. The lowest BCUT2D eigenvalue weighted by atomic mass is 9.96. The number of benzene rings is 1. The molecule has 24 heavy (non-hydrogen) atoms. The highest BCUT2D eigenvalue weighted by molar-refractivity contribution is 5.80. The number of rotatable bonds is 4. The van der Waals surface area contributed by atoms with Crippen molar-refractivity contribution in [2.45, 2.75) is 31.9 Å². The van der Waals surface area contributed by atoms with Crippen molar-refractivity contribution in [2.24, 2.45) is 0 Å². The topological polar surface area (TPSA) is 54.3 Å².